The average molecular weight is 294 g/mol. The second kappa shape index (κ2) is 7.02. The first-order chi connectivity index (χ1) is 10.1. The number of esters is 1. The Balaban J connectivity index is 1.86. The van der Waals surface area contributed by atoms with Gasteiger partial charge in [0.15, 0.2) is 11.9 Å². The van der Waals surface area contributed by atoms with Crippen LogP contribution in [0, 0.1) is 5.92 Å². The number of rotatable bonds is 8. The fourth-order valence-corrected chi connectivity index (χ4v) is 2.44. The second-order valence-corrected chi connectivity index (χ2v) is 5.03. The zero-order valence-corrected chi connectivity index (χ0v) is 12.5. The highest BCUT2D eigenvalue weighted by Crippen LogP contribution is 2.50. The van der Waals surface area contributed by atoms with Gasteiger partial charge in [0.1, 0.15) is 6.61 Å². The molecule has 0 saturated heterocycles. The average Bonchev–Trinajstić information content (AvgIpc) is 3.19. The normalized spacial score (nSPS) is 20.8. The summed E-state index contributed by atoms with van der Waals surface area (Å²) < 4.78 is 16.2. The number of aliphatic hydroxyl groups excluding tert-OH is 1. The van der Waals surface area contributed by atoms with Gasteiger partial charge in [-0.15, -0.1) is 0 Å². The van der Waals surface area contributed by atoms with E-state index in [9.17, 15) is 9.90 Å². The molecule has 1 aromatic rings. The van der Waals surface area contributed by atoms with Crippen LogP contribution in [0.3, 0.4) is 0 Å². The molecule has 0 radical (unpaired) electrons. The van der Waals surface area contributed by atoms with Gasteiger partial charge in [-0.2, -0.15) is 0 Å². The van der Waals surface area contributed by atoms with Gasteiger partial charge in [-0.1, -0.05) is 30.3 Å². The molecule has 116 valence electrons. The molecule has 2 rings (SSSR count). The highest BCUT2D eigenvalue weighted by Gasteiger charge is 2.62. The summed E-state index contributed by atoms with van der Waals surface area (Å²) >= 11 is 0. The molecule has 1 aliphatic carbocycles. The smallest absolute Gasteiger partial charge is 0.335 e. The molecule has 1 N–H and O–H groups in total. The largest absolute Gasteiger partial charge is 0.459 e. The first-order valence-electron chi connectivity index (χ1n) is 7.29. The molecule has 2 unspecified atom stereocenters. The van der Waals surface area contributed by atoms with Crippen molar-refractivity contribution in [1.29, 1.82) is 0 Å². The summed E-state index contributed by atoms with van der Waals surface area (Å²) in [5.74, 6) is -1.82. The lowest BCUT2D eigenvalue weighted by molar-refractivity contribution is -0.186. The molecule has 21 heavy (non-hydrogen) atoms. The van der Waals surface area contributed by atoms with Crippen molar-refractivity contribution in [3.63, 3.8) is 0 Å². The Morgan fingerprint density at radius 1 is 1.29 bits per heavy atom. The maximum atomic E-state index is 11.9. The lowest BCUT2D eigenvalue weighted by Gasteiger charge is -2.19. The molecule has 0 amide bonds. The van der Waals surface area contributed by atoms with Crippen LogP contribution in [-0.2, 0) is 25.6 Å². The minimum absolute atomic E-state index is 0.153. The van der Waals surface area contributed by atoms with Crippen molar-refractivity contribution in [2.75, 3.05) is 13.2 Å². The molecule has 0 bridgehead atoms. The third-order valence-corrected chi connectivity index (χ3v) is 3.53. The van der Waals surface area contributed by atoms with Crippen molar-refractivity contribution < 1.29 is 24.1 Å². The van der Waals surface area contributed by atoms with Crippen LogP contribution in [0.25, 0.3) is 0 Å². The molecular formula is C16H22O5. The van der Waals surface area contributed by atoms with Crippen molar-refractivity contribution in [2.45, 2.75) is 38.8 Å². The molecule has 1 aromatic carbocycles. The van der Waals surface area contributed by atoms with Crippen LogP contribution in [0.5, 0.6) is 0 Å². The lowest BCUT2D eigenvalue weighted by Crippen LogP contribution is -2.32. The van der Waals surface area contributed by atoms with Gasteiger partial charge in [0.2, 0.25) is 0 Å². The van der Waals surface area contributed by atoms with Crippen molar-refractivity contribution in [3.05, 3.63) is 35.9 Å². The van der Waals surface area contributed by atoms with E-state index in [0.717, 1.165) is 5.56 Å². The van der Waals surface area contributed by atoms with Crippen molar-refractivity contribution >= 4 is 5.97 Å². The minimum Gasteiger partial charge on any atom is -0.459 e. The molecule has 5 heteroatoms. The van der Waals surface area contributed by atoms with Crippen LogP contribution in [0.1, 0.15) is 25.8 Å². The maximum Gasteiger partial charge on any atom is 0.335 e. The fraction of sp³-hybridized carbons (Fsp3) is 0.562. The van der Waals surface area contributed by atoms with Crippen LogP contribution < -0.4 is 0 Å². The van der Waals surface area contributed by atoms with Crippen LogP contribution in [0.4, 0.5) is 0 Å². The summed E-state index contributed by atoms with van der Waals surface area (Å²) in [6.07, 6.45) is -0.706. The summed E-state index contributed by atoms with van der Waals surface area (Å²) in [6, 6.07) is 9.36. The van der Waals surface area contributed by atoms with Gasteiger partial charge in [0, 0.05) is 19.6 Å². The van der Waals surface area contributed by atoms with E-state index in [1.54, 1.807) is 0 Å². The first kappa shape index (κ1) is 15.9. The number of benzene rings is 1. The van der Waals surface area contributed by atoms with E-state index in [0.29, 0.717) is 19.6 Å². The van der Waals surface area contributed by atoms with Crippen molar-refractivity contribution in [3.8, 4) is 0 Å². The maximum absolute atomic E-state index is 11.9. The van der Waals surface area contributed by atoms with E-state index in [1.165, 1.54) is 0 Å². The predicted octanol–water partition coefficient (Wildman–Crippen LogP) is 1.88. The van der Waals surface area contributed by atoms with Gasteiger partial charge in [-0.3, -0.25) is 0 Å². The molecule has 1 fully saturated rings. The van der Waals surface area contributed by atoms with Crippen LogP contribution in [0.2, 0.25) is 0 Å². The van der Waals surface area contributed by atoms with Gasteiger partial charge in [0.25, 0.3) is 0 Å². The highest BCUT2D eigenvalue weighted by molar-refractivity contribution is 5.75. The number of hydrogen-bond acceptors (Lipinski definition) is 5. The quantitative estimate of drug-likeness (QED) is 0.586. The van der Waals surface area contributed by atoms with Crippen molar-refractivity contribution in [1.82, 2.24) is 0 Å². The van der Waals surface area contributed by atoms with Gasteiger partial charge in [0.05, 0.1) is 5.92 Å². The van der Waals surface area contributed by atoms with Gasteiger partial charge >= 0.3 is 5.97 Å². The van der Waals surface area contributed by atoms with Gasteiger partial charge in [-0.25, -0.2) is 4.79 Å². The summed E-state index contributed by atoms with van der Waals surface area (Å²) in [5.41, 5.74) is 0.884. The van der Waals surface area contributed by atoms with Crippen molar-refractivity contribution in [2.24, 2.45) is 5.92 Å². The Hall–Kier alpha value is -1.43. The van der Waals surface area contributed by atoms with Gasteiger partial charge < -0.3 is 19.3 Å². The first-order valence-corrected chi connectivity index (χ1v) is 7.29. The van der Waals surface area contributed by atoms with E-state index in [4.69, 9.17) is 14.2 Å². The molecule has 0 spiro atoms. The SMILES string of the molecule is CCOC1(OCC)CC1C(O)C(=O)OCc1ccccc1. The summed E-state index contributed by atoms with van der Waals surface area (Å²) in [5, 5.41) is 10.1. The molecule has 5 nitrogen and oxygen atoms in total. The number of aliphatic hydroxyl groups is 1. The van der Waals surface area contributed by atoms with Crippen LogP contribution in [0.15, 0.2) is 30.3 Å². The molecule has 0 aromatic heterocycles. The Morgan fingerprint density at radius 2 is 1.90 bits per heavy atom. The molecular weight excluding hydrogens is 272 g/mol. The Morgan fingerprint density at radius 3 is 2.48 bits per heavy atom. The molecule has 2 atom stereocenters. The molecule has 1 aliphatic rings. The Kier molecular flexibility index (Phi) is 5.33. The van der Waals surface area contributed by atoms with E-state index >= 15 is 0 Å². The standard InChI is InChI=1S/C16H22O5/c1-3-20-16(21-4-2)10-13(16)14(17)15(18)19-11-12-8-6-5-7-9-12/h5-9,13-14,17H,3-4,10-11H2,1-2H3. The van der Waals surface area contributed by atoms with Gasteiger partial charge in [-0.05, 0) is 19.4 Å². The van der Waals surface area contributed by atoms with E-state index in [-0.39, 0.29) is 12.5 Å². The van der Waals surface area contributed by atoms with E-state index in [1.807, 2.05) is 44.2 Å². The lowest BCUT2D eigenvalue weighted by atomic mass is 10.2. The number of ether oxygens (including phenoxy) is 3. The Labute approximate surface area is 124 Å². The number of hydrogen-bond donors (Lipinski definition) is 1. The Bertz CT molecular complexity index is 453. The summed E-state index contributed by atoms with van der Waals surface area (Å²) in [4.78, 5) is 11.9. The van der Waals surface area contributed by atoms with Crippen LogP contribution >= 0.6 is 0 Å². The summed E-state index contributed by atoms with van der Waals surface area (Å²) in [7, 11) is 0. The number of carbonyl (C=O) groups is 1. The zero-order valence-electron chi connectivity index (χ0n) is 12.5. The molecule has 0 heterocycles. The minimum atomic E-state index is -1.22. The third-order valence-electron chi connectivity index (χ3n) is 3.53. The topological polar surface area (TPSA) is 65.0 Å². The van der Waals surface area contributed by atoms with Crippen LogP contribution in [-0.4, -0.2) is 36.2 Å². The zero-order chi connectivity index (χ0) is 15.3. The monoisotopic (exact) mass is 294 g/mol. The predicted molar refractivity (Wildman–Crippen MR) is 76.3 cm³/mol. The van der Waals surface area contributed by atoms with E-state index in [2.05, 4.69) is 0 Å². The fourth-order valence-electron chi connectivity index (χ4n) is 2.44. The molecule has 0 aliphatic heterocycles. The highest BCUT2D eigenvalue weighted by atomic mass is 16.7. The second-order valence-electron chi connectivity index (χ2n) is 5.03. The molecule has 1 saturated carbocycles. The van der Waals surface area contributed by atoms with E-state index < -0.39 is 17.9 Å². The number of carbonyl (C=O) groups excluding carboxylic acids is 1. The third kappa shape index (κ3) is 3.81. The summed E-state index contributed by atoms with van der Waals surface area (Å²) in [6.45, 7) is 4.82.